The Balaban J connectivity index is 1.97. The van der Waals surface area contributed by atoms with Gasteiger partial charge in [-0.1, -0.05) is 0 Å². The number of halogens is 2. The van der Waals surface area contributed by atoms with E-state index in [9.17, 15) is 13.6 Å². The predicted octanol–water partition coefficient (Wildman–Crippen LogP) is 2.54. The second-order valence-corrected chi connectivity index (χ2v) is 6.52. The number of nitrogens with two attached hydrogens (primary N) is 1. The van der Waals surface area contributed by atoms with Crippen molar-refractivity contribution in [1.82, 2.24) is 9.88 Å². The number of alkyl halides is 2. The molecule has 2 rings (SSSR count). The molecule has 0 bridgehead atoms. The van der Waals surface area contributed by atoms with Gasteiger partial charge in [0.25, 0.3) is 5.92 Å². The van der Waals surface area contributed by atoms with E-state index in [4.69, 9.17) is 15.2 Å². The molecule has 8 heteroatoms. The molecular formula is C15H21F2N3O3. The van der Waals surface area contributed by atoms with Gasteiger partial charge in [0, 0.05) is 12.7 Å². The van der Waals surface area contributed by atoms with Gasteiger partial charge in [-0.3, -0.25) is 0 Å². The van der Waals surface area contributed by atoms with Crippen LogP contribution in [0.2, 0.25) is 0 Å². The van der Waals surface area contributed by atoms with E-state index in [2.05, 4.69) is 4.98 Å². The third-order valence-electron chi connectivity index (χ3n) is 3.33. The van der Waals surface area contributed by atoms with Gasteiger partial charge >= 0.3 is 6.09 Å². The highest BCUT2D eigenvalue weighted by Crippen LogP contribution is 2.34. The zero-order valence-electron chi connectivity index (χ0n) is 13.4. The lowest BCUT2D eigenvalue weighted by Crippen LogP contribution is -2.36. The number of ether oxygens (including phenoxy) is 2. The molecule has 1 aliphatic heterocycles. The molecule has 1 saturated heterocycles. The number of amides is 1. The van der Waals surface area contributed by atoms with Crippen LogP contribution in [0.5, 0.6) is 5.75 Å². The fraction of sp³-hybridized carbons (Fsp3) is 0.600. The van der Waals surface area contributed by atoms with Gasteiger partial charge in [0.2, 0.25) is 0 Å². The molecule has 1 atom stereocenters. The van der Waals surface area contributed by atoms with Gasteiger partial charge in [-0.2, -0.15) is 0 Å². The molecule has 0 aromatic carbocycles. The maximum atomic E-state index is 14.1. The van der Waals surface area contributed by atoms with Crippen LogP contribution in [0.4, 0.5) is 19.4 Å². The SMILES string of the molecule is CC(C)(C)OC(=O)N1CC(COc2cccnc2N)C(F)(F)C1. The number of carbonyl (C=O) groups excluding carboxylic acids is 1. The first-order chi connectivity index (χ1) is 10.6. The van der Waals surface area contributed by atoms with Gasteiger partial charge in [-0.15, -0.1) is 0 Å². The fourth-order valence-electron chi connectivity index (χ4n) is 2.20. The van der Waals surface area contributed by atoms with Gasteiger partial charge < -0.3 is 20.1 Å². The Hall–Kier alpha value is -2.12. The van der Waals surface area contributed by atoms with E-state index < -0.39 is 30.1 Å². The summed E-state index contributed by atoms with van der Waals surface area (Å²) < 4.78 is 38.6. The van der Waals surface area contributed by atoms with Crippen molar-refractivity contribution in [3.05, 3.63) is 18.3 Å². The van der Waals surface area contributed by atoms with Crippen molar-refractivity contribution >= 4 is 11.9 Å². The third-order valence-corrected chi connectivity index (χ3v) is 3.33. The summed E-state index contributed by atoms with van der Waals surface area (Å²) in [6, 6.07) is 3.16. The van der Waals surface area contributed by atoms with Crippen molar-refractivity contribution < 1.29 is 23.0 Å². The molecule has 2 N–H and O–H groups in total. The molecule has 1 aromatic heterocycles. The summed E-state index contributed by atoms with van der Waals surface area (Å²) in [6.45, 7) is 3.98. The van der Waals surface area contributed by atoms with Crippen LogP contribution in [0.15, 0.2) is 18.3 Å². The molecule has 1 amide bonds. The van der Waals surface area contributed by atoms with Crippen LogP contribution >= 0.6 is 0 Å². The quantitative estimate of drug-likeness (QED) is 0.922. The molecule has 0 spiro atoms. The van der Waals surface area contributed by atoms with Gasteiger partial charge in [-0.25, -0.2) is 18.6 Å². The van der Waals surface area contributed by atoms with E-state index in [1.165, 1.54) is 6.20 Å². The minimum absolute atomic E-state index is 0.137. The van der Waals surface area contributed by atoms with Gasteiger partial charge in [0.15, 0.2) is 11.6 Å². The normalized spacial score (nSPS) is 20.4. The number of nitrogen functional groups attached to an aromatic ring is 1. The van der Waals surface area contributed by atoms with Crippen molar-refractivity contribution in [2.24, 2.45) is 5.92 Å². The van der Waals surface area contributed by atoms with Crippen LogP contribution in [0.3, 0.4) is 0 Å². The third kappa shape index (κ3) is 4.43. The Morgan fingerprint density at radius 2 is 2.22 bits per heavy atom. The molecular weight excluding hydrogens is 308 g/mol. The molecule has 1 aromatic rings. The number of aromatic nitrogens is 1. The van der Waals surface area contributed by atoms with E-state index in [1.54, 1.807) is 32.9 Å². The minimum atomic E-state index is -3.05. The highest BCUT2D eigenvalue weighted by atomic mass is 19.3. The summed E-state index contributed by atoms with van der Waals surface area (Å²) >= 11 is 0. The summed E-state index contributed by atoms with van der Waals surface area (Å²) in [5.74, 6) is -3.79. The highest BCUT2D eigenvalue weighted by molar-refractivity contribution is 5.68. The van der Waals surface area contributed by atoms with Crippen LogP contribution in [-0.2, 0) is 4.74 Å². The standard InChI is InChI=1S/C15H21F2N3O3/c1-14(2,3)23-13(21)20-7-10(15(16,17)9-20)8-22-11-5-4-6-19-12(11)18/h4-6,10H,7-9H2,1-3H3,(H2,18,19). The van der Waals surface area contributed by atoms with Crippen LogP contribution in [-0.4, -0.2) is 47.2 Å². The summed E-state index contributed by atoms with van der Waals surface area (Å²) in [5.41, 5.74) is 4.88. The molecule has 0 radical (unpaired) electrons. The van der Waals surface area contributed by atoms with Crippen LogP contribution in [0.25, 0.3) is 0 Å². The Bertz CT molecular complexity index is 575. The molecule has 0 saturated carbocycles. The topological polar surface area (TPSA) is 77.7 Å². The minimum Gasteiger partial charge on any atom is -0.489 e. The molecule has 23 heavy (non-hydrogen) atoms. The zero-order valence-corrected chi connectivity index (χ0v) is 13.4. The van der Waals surface area contributed by atoms with Gasteiger partial charge in [0.05, 0.1) is 19.1 Å². The Morgan fingerprint density at radius 3 is 2.83 bits per heavy atom. The lowest BCUT2D eigenvalue weighted by atomic mass is 10.1. The average Bonchev–Trinajstić information content (AvgIpc) is 2.71. The smallest absolute Gasteiger partial charge is 0.410 e. The maximum Gasteiger partial charge on any atom is 0.410 e. The number of likely N-dealkylation sites (tertiary alicyclic amines) is 1. The lowest BCUT2D eigenvalue weighted by molar-refractivity contribution is -0.0414. The van der Waals surface area contributed by atoms with E-state index in [0.29, 0.717) is 0 Å². The van der Waals surface area contributed by atoms with Gasteiger partial charge in [-0.05, 0) is 32.9 Å². The number of pyridine rings is 1. The Kier molecular flexibility index (Phi) is 4.63. The van der Waals surface area contributed by atoms with Crippen molar-refractivity contribution in [2.75, 3.05) is 25.4 Å². The van der Waals surface area contributed by atoms with E-state index >= 15 is 0 Å². The van der Waals surface area contributed by atoms with Crippen LogP contribution in [0, 0.1) is 5.92 Å². The molecule has 0 aliphatic carbocycles. The molecule has 1 unspecified atom stereocenters. The maximum absolute atomic E-state index is 14.1. The van der Waals surface area contributed by atoms with Gasteiger partial charge in [0.1, 0.15) is 5.60 Å². The summed E-state index contributed by atoms with van der Waals surface area (Å²) in [7, 11) is 0. The molecule has 128 valence electrons. The average molecular weight is 329 g/mol. The fourth-order valence-corrected chi connectivity index (χ4v) is 2.20. The first-order valence-electron chi connectivity index (χ1n) is 7.27. The van der Waals surface area contributed by atoms with E-state index in [1.807, 2.05) is 0 Å². The van der Waals surface area contributed by atoms with E-state index in [-0.39, 0.29) is 24.7 Å². The Labute approximate surface area is 133 Å². The summed E-state index contributed by atoms with van der Waals surface area (Å²) in [6.07, 6.45) is 0.733. The first kappa shape index (κ1) is 17.2. The number of rotatable bonds is 3. The van der Waals surface area contributed by atoms with Crippen molar-refractivity contribution in [2.45, 2.75) is 32.3 Å². The predicted molar refractivity (Wildman–Crippen MR) is 80.4 cm³/mol. The number of anilines is 1. The van der Waals surface area contributed by atoms with Crippen LogP contribution in [0.1, 0.15) is 20.8 Å². The summed E-state index contributed by atoms with van der Waals surface area (Å²) in [4.78, 5) is 16.8. The van der Waals surface area contributed by atoms with E-state index in [0.717, 1.165) is 4.90 Å². The molecule has 6 nitrogen and oxygen atoms in total. The number of carbonyl (C=O) groups is 1. The second kappa shape index (κ2) is 6.17. The first-order valence-corrected chi connectivity index (χ1v) is 7.27. The number of nitrogens with zero attached hydrogens (tertiary/aromatic N) is 2. The number of hydrogen-bond acceptors (Lipinski definition) is 5. The molecule has 1 aliphatic rings. The lowest BCUT2D eigenvalue weighted by Gasteiger charge is -2.24. The molecule has 1 fully saturated rings. The van der Waals surface area contributed by atoms with Crippen molar-refractivity contribution in [3.8, 4) is 5.75 Å². The monoisotopic (exact) mass is 329 g/mol. The summed E-state index contributed by atoms with van der Waals surface area (Å²) in [5, 5.41) is 0. The largest absolute Gasteiger partial charge is 0.489 e. The number of hydrogen-bond donors (Lipinski definition) is 1. The van der Waals surface area contributed by atoms with Crippen molar-refractivity contribution in [3.63, 3.8) is 0 Å². The van der Waals surface area contributed by atoms with Crippen molar-refractivity contribution in [1.29, 1.82) is 0 Å². The van der Waals surface area contributed by atoms with Crippen LogP contribution < -0.4 is 10.5 Å². The Morgan fingerprint density at radius 1 is 1.52 bits per heavy atom. The second-order valence-electron chi connectivity index (χ2n) is 6.52. The zero-order chi connectivity index (χ0) is 17.3. The molecule has 2 heterocycles. The highest BCUT2D eigenvalue weighted by Gasteiger charge is 2.50.